The second kappa shape index (κ2) is 17.5. The van der Waals surface area contributed by atoms with E-state index in [-0.39, 0.29) is 57.2 Å². The molecule has 0 aromatic rings. The molecule has 0 aliphatic carbocycles. The number of carbonyl (C=O) groups excluding carboxylic acids is 3. The number of hydrogen-bond donors (Lipinski definition) is 4. The van der Waals surface area contributed by atoms with E-state index in [1.165, 1.54) is 20.8 Å². The molecule has 234 valence electrons. The molecule has 0 aliphatic heterocycles. The number of Topliss-reactive ketones (excluding diaryl/α,β-unsaturated/α-hetero) is 1. The molecule has 0 fully saturated rings. The zero-order valence-electron chi connectivity index (χ0n) is 23.8. The minimum Gasteiger partial charge on any atom is -0.466 e. The maximum Gasteiger partial charge on any atom is 0.333 e. The van der Waals surface area contributed by atoms with Crippen LogP contribution in [0.4, 0.5) is 0 Å². The van der Waals surface area contributed by atoms with Crippen molar-refractivity contribution in [3.63, 3.8) is 0 Å². The average molecular weight is 619 g/mol. The van der Waals surface area contributed by atoms with Gasteiger partial charge in [0.2, 0.25) is 0 Å². The summed E-state index contributed by atoms with van der Waals surface area (Å²) in [5.41, 5.74) is -2.45. The standard InChI is InChI=1S/C24H44O14P2/c1-7-24(19(5)25,17-35-9-11-39(29,30)31)15-23(6,22(28)36-8-2)16-34-10-12-40(32,33)38-14-20(26)13-37-21(27)18(3)4/h20,26H,3,7-17H2,1-2,4-6H3,(H,32,33)(H2,29,30,31). The van der Waals surface area contributed by atoms with Crippen LogP contribution in [0.2, 0.25) is 0 Å². The van der Waals surface area contributed by atoms with Gasteiger partial charge in [0.05, 0.1) is 62.8 Å². The highest BCUT2D eigenvalue weighted by Gasteiger charge is 2.46. The van der Waals surface area contributed by atoms with Crippen molar-refractivity contribution < 1.29 is 66.8 Å². The number of esters is 2. The van der Waals surface area contributed by atoms with Crippen LogP contribution in [0, 0.1) is 10.8 Å². The summed E-state index contributed by atoms with van der Waals surface area (Å²) in [6.07, 6.45) is -2.20. The second-order valence-electron chi connectivity index (χ2n) is 9.83. The van der Waals surface area contributed by atoms with E-state index in [0.29, 0.717) is 0 Å². The summed E-state index contributed by atoms with van der Waals surface area (Å²) in [5, 5.41) is 9.80. The lowest BCUT2D eigenvalue weighted by molar-refractivity contribution is -0.163. The molecule has 0 bridgehead atoms. The number of aliphatic hydroxyl groups is 1. The molecule has 0 radical (unpaired) electrons. The third-order valence-corrected chi connectivity index (χ3v) is 8.05. The van der Waals surface area contributed by atoms with Gasteiger partial charge in [0, 0.05) is 5.57 Å². The predicted molar refractivity (Wildman–Crippen MR) is 144 cm³/mol. The van der Waals surface area contributed by atoms with Gasteiger partial charge in [0.1, 0.15) is 18.5 Å². The van der Waals surface area contributed by atoms with Gasteiger partial charge >= 0.3 is 27.1 Å². The Morgan fingerprint density at radius 1 is 0.925 bits per heavy atom. The van der Waals surface area contributed by atoms with Gasteiger partial charge in [0.15, 0.2) is 0 Å². The Labute approximate surface area is 235 Å². The zero-order valence-corrected chi connectivity index (χ0v) is 25.6. The molecular weight excluding hydrogens is 574 g/mol. The first kappa shape index (κ1) is 38.5. The summed E-state index contributed by atoms with van der Waals surface area (Å²) < 4.78 is 49.2. The van der Waals surface area contributed by atoms with Gasteiger partial charge in [0.25, 0.3) is 0 Å². The van der Waals surface area contributed by atoms with Crippen molar-refractivity contribution in [1.29, 1.82) is 0 Å². The molecule has 40 heavy (non-hydrogen) atoms. The number of hydrogen-bond acceptors (Lipinski definition) is 11. The Hall–Kier alpha value is -1.47. The van der Waals surface area contributed by atoms with E-state index >= 15 is 0 Å². The van der Waals surface area contributed by atoms with Crippen molar-refractivity contribution in [3.8, 4) is 0 Å². The maximum atomic E-state index is 12.9. The third-order valence-electron chi connectivity index (χ3n) is 5.99. The van der Waals surface area contributed by atoms with Crippen LogP contribution in [0.15, 0.2) is 12.2 Å². The van der Waals surface area contributed by atoms with E-state index in [2.05, 4.69) is 6.58 Å². The molecule has 4 N–H and O–H groups in total. The van der Waals surface area contributed by atoms with Crippen LogP contribution in [0.3, 0.4) is 0 Å². The lowest BCUT2D eigenvalue weighted by Gasteiger charge is -2.38. The number of ether oxygens (including phenoxy) is 4. The van der Waals surface area contributed by atoms with E-state index in [0.717, 1.165) is 0 Å². The molecule has 0 saturated carbocycles. The normalized spacial score (nSPS) is 17.1. The van der Waals surface area contributed by atoms with Crippen molar-refractivity contribution in [2.75, 3.05) is 58.6 Å². The molecular formula is C24H44O14P2. The van der Waals surface area contributed by atoms with E-state index in [9.17, 15) is 33.5 Å². The van der Waals surface area contributed by atoms with Crippen LogP contribution in [0.5, 0.6) is 0 Å². The highest BCUT2D eigenvalue weighted by Crippen LogP contribution is 2.43. The Morgan fingerprint density at radius 3 is 2.00 bits per heavy atom. The molecule has 0 rings (SSSR count). The van der Waals surface area contributed by atoms with Crippen LogP contribution in [-0.4, -0.2) is 102 Å². The van der Waals surface area contributed by atoms with Crippen LogP contribution in [0.1, 0.15) is 47.5 Å². The zero-order chi connectivity index (χ0) is 31.2. The van der Waals surface area contributed by atoms with E-state index < -0.39 is 69.6 Å². The first-order chi connectivity index (χ1) is 18.3. The molecule has 0 spiro atoms. The summed E-state index contributed by atoms with van der Waals surface area (Å²) >= 11 is 0. The highest BCUT2D eigenvalue weighted by molar-refractivity contribution is 7.52. The number of ketones is 1. The molecule has 0 heterocycles. The third kappa shape index (κ3) is 15.0. The molecule has 0 aromatic carbocycles. The Morgan fingerprint density at radius 2 is 1.50 bits per heavy atom. The molecule has 14 nitrogen and oxygen atoms in total. The summed E-state index contributed by atoms with van der Waals surface area (Å²) in [6, 6.07) is 0. The molecule has 0 saturated heterocycles. The Kier molecular flexibility index (Phi) is 16.8. The van der Waals surface area contributed by atoms with Crippen LogP contribution in [0.25, 0.3) is 0 Å². The average Bonchev–Trinajstić information content (AvgIpc) is 2.85. The van der Waals surface area contributed by atoms with E-state index in [1.807, 2.05) is 0 Å². The fourth-order valence-corrected chi connectivity index (χ4v) is 4.79. The summed E-state index contributed by atoms with van der Waals surface area (Å²) in [5.74, 6) is -1.70. The number of rotatable bonds is 22. The first-order valence-corrected chi connectivity index (χ1v) is 16.2. The van der Waals surface area contributed by atoms with Crippen LogP contribution < -0.4 is 0 Å². The molecule has 0 aliphatic rings. The summed E-state index contributed by atoms with van der Waals surface area (Å²) in [6.45, 7) is 8.90. The van der Waals surface area contributed by atoms with Gasteiger partial charge in [-0.2, -0.15) is 0 Å². The minimum atomic E-state index is -4.29. The monoisotopic (exact) mass is 618 g/mol. The molecule has 4 unspecified atom stereocenters. The SMILES string of the molecule is C=C(C)C(=O)OCC(O)COP(=O)(O)CCOCC(C)(CC(CC)(COCCP(=O)(O)O)C(C)=O)C(=O)OCC. The Bertz CT molecular complexity index is 948. The van der Waals surface area contributed by atoms with Crippen LogP contribution >= 0.6 is 15.2 Å². The van der Waals surface area contributed by atoms with Gasteiger partial charge in [-0.3, -0.25) is 18.7 Å². The lowest BCUT2D eigenvalue weighted by Crippen LogP contribution is -2.45. The van der Waals surface area contributed by atoms with Gasteiger partial charge in [-0.25, -0.2) is 4.79 Å². The fourth-order valence-electron chi connectivity index (χ4n) is 3.53. The number of aliphatic hydroxyl groups excluding tert-OH is 1. The Balaban J connectivity index is 5.23. The summed E-state index contributed by atoms with van der Waals surface area (Å²) in [7, 11) is -8.52. The lowest BCUT2D eigenvalue weighted by atomic mass is 9.69. The summed E-state index contributed by atoms with van der Waals surface area (Å²) in [4.78, 5) is 65.1. The van der Waals surface area contributed by atoms with Crippen molar-refractivity contribution in [1.82, 2.24) is 0 Å². The maximum absolute atomic E-state index is 12.9. The quantitative estimate of drug-likeness (QED) is 0.0590. The van der Waals surface area contributed by atoms with Crippen molar-refractivity contribution in [2.24, 2.45) is 10.8 Å². The van der Waals surface area contributed by atoms with Crippen molar-refractivity contribution in [3.05, 3.63) is 12.2 Å². The fraction of sp³-hybridized carbons (Fsp3) is 0.792. The topological polar surface area (TPSA) is 212 Å². The smallest absolute Gasteiger partial charge is 0.333 e. The molecule has 0 aromatic heterocycles. The minimum absolute atomic E-state index is 0.0517. The van der Waals surface area contributed by atoms with Crippen molar-refractivity contribution >= 4 is 32.9 Å². The van der Waals surface area contributed by atoms with Crippen molar-refractivity contribution in [2.45, 2.75) is 53.6 Å². The predicted octanol–water partition coefficient (Wildman–Crippen LogP) is 1.82. The van der Waals surface area contributed by atoms with E-state index in [1.54, 1.807) is 13.8 Å². The first-order valence-electron chi connectivity index (χ1n) is 12.7. The van der Waals surface area contributed by atoms with Gasteiger partial charge < -0.3 is 43.3 Å². The van der Waals surface area contributed by atoms with Gasteiger partial charge in [-0.15, -0.1) is 0 Å². The highest BCUT2D eigenvalue weighted by atomic mass is 31.2. The van der Waals surface area contributed by atoms with E-state index in [4.69, 9.17) is 33.3 Å². The number of carbonyl (C=O) groups is 3. The molecule has 4 atom stereocenters. The van der Waals surface area contributed by atoms with Gasteiger partial charge in [-0.1, -0.05) is 13.5 Å². The molecule has 16 heteroatoms. The van der Waals surface area contributed by atoms with Gasteiger partial charge in [-0.05, 0) is 40.5 Å². The second-order valence-corrected chi connectivity index (χ2v) is 13.6. The molecule has 0 amide bonds. The van der Waals surface area contributed by atoms with Crippen LogP contribution in [-0.2, 0) is 47.0 Å². The largest absolute Gasteiger partial charge is 0.466 e.